The summed E-state index contributed by atoms with van der Waals surface area (Å²) in [5.41, 5.74) is 6.25. The molecule has 0 aliphatic carbocycles. The largest absolute Gasteiger partial charge is 0.497 e. The molecule has 0 aliphatic heterocycles. The molecule has 3 nitrogen and oxygen atoms in total. The Morgan fingerprint density at radius 1 is 1.62 bits per heavy atom. The van der Waals surface area contributed by atoms with Crippen molar-refractivity contribution in [1.29, 1.82) is 0 Å². The van der Waals surface area contributed by atoms with E-state index in [1.165, 1.54) is 7.11 Å². The van der Waals surface area contributed by atoms with Crippen LogP contribution in [-0.4, -0.2) is 12.9 Å². The van der Waals surface area contributed by atoms with E-state index < -0.39 is 5.78 Å². The van der Waals surface area contributed by atoms with Gasteiger partial charge in [-0.05, 0) is 18.1 Å². The van der Waals surface area contributed by atoms with Crippen LogP contribution in [0.15, 0.2) is 18.2 Å². The molecule has 1 aromatic rings. The third-order valence-electron chi connectivity index (χ3n) is 1.63. The molecule has 2 N–H and O–H groups in total. The second-order valence-electron chi connectivity index (χ2n) is 2.43. The van der Waals surface area contributed by atoms with Crippen molar-refractivity contribution in [1.82, 2.24) is 0 Å². The molecular weight excluding hydrogens is 166 g/mol. The normalized spacial score (nSPS) is 8.92. The summed E-state index contributed by atoms with van der Waals surface area (Å²) in [6.45, 7) is 0. The van der Waals surface area contributed by atoms with Crippen LogP contribution in [0, 0.1) is 12.3 Å². The van der Waals surface area contributed by atoms with Gasteiger partial charge in [0.25, 0.3) is 0 Å². The molecular formula is C10H9NO2. The molecule has 0 amide bonds. The monoisotopic (exact) mass is 175 g/mol. The average molecular weight is 175 g/mol. The number of methoxy groups -OCH3 is 1. The predicted octanol–water partition coefficient (Wildman–Crippen LogP) is 1.09. The van der Waals surface area contributed by atoms with Crippen LogP contribution in [0.2, 0.25) is 0 Å². The number of ketones is 1. The first-order chi connectivity index (χ1) is 6.19. The summed E-state index contributed by atoms with van der Waals surface area (Å²) in [7, 11) is 1.53. The highest BCUT2D eigenvalue weighted by Gasteiger charge is 2.06. The lowest BCUT2D eigenvalue weighted by molar-refractivity contribution is 0.105. The molecule has 0 aliphatic rings. The summed E-state index contributed by atoms with van der Waals surface area (Å²) in [5.74, 6) is 2.19. The highest BCUT2D eigenvalue weighted by atomic mass is 16.5. The Balaban J connectivity index is 3.14. The number of benzene rings is 1. The summed E-state index contributed by atoms with van der Waals surface area (Å²) >= 11 is 0. The number of terminal acetylenes is 1. The van der Waals surface area contributed by atoms with Gasteiger partial charge in [-0.25, -0.2) is 0 Å². The zero-order valence-corrected chi connectivity index (χ0v) is 7.20. The number of nitrogen functional groups attached to an aromatic ring is 1. The molecule has 0 aromatic heterocycles. The van der Waals surface area contributed by atoms with E-state index in [0.29, 0.717) is 17.0 Å². The SMILES string of the molecule is C#CC(=O)c1ccc(OC)cc1N. The van der Waals surface area contributed by atoms with Crippen molar-refractivity contribution in [2.45, 2.75) is 0 Å². The summed E-state index contributed by atoms with van der Waals surface area (Å²) in [4.78, 5) is 11.1. The van der Waals surface area contributed by atoms with Crippen LogP contribution in [0.5, 0.6) is 5.75 Å². The van der Waals surface area contributed by atoms with E-state index in [9.17, 15) is 4.79 Å². The van der Waals surface area contributed by atoms with Gasteiger partial charge in [0.15, 0.2) is 0 Å². The molecule has 0 saturated heterocycles. The maximum absolute atomic E-state index is 11.1. The van der Waals surface area contributed by atoms with Crippen molar-refractivity contribution in [2.75, 3.05) is 12.8 Å². The van der Waals surface area contributed by atoms with Gasteiger partial charge in [0.1, 0.15) is 5.75 Å². The number of hydrogen-bond acceptors (Lipinski definition) is 3. The number of carbonyl (C=O) groups excluding carboxylic acids is 1. The quantitative estimate of drug-likeness (QED) is 0.317. The predicted molar refractivity (Wildman–Crippen MR) is 50.6 cm³/mol. The van der Waals surface area contributed by atoms with Gasteiger partial charge in [-0.2, -0.15) is 0 Å². The lowest BCUT2D eigenvalue weighted by Gasteiger charge is -2.03. The molecule has 0 bridgehead atoms. The average Bonchev–Trinajstić information content (AvgIpc) is 2.16. The van der Waals surface area contributed by atoms with Gasteiger partial charge in [0, 0.05) is 11.8 Å². The van der Waals surface area contributed by atoms with E-state index >= 15 is 0 Å². The van der Waals surface area contributed by atoms with E-state index in [4.69, 9.17) is 16.9 Å². The zero-order chi connectivity index (χ0) is 9.84. The Morgan fingerprint density at radius 2 is 2.31 bits per heavy atom. The minimum Gasteiger partial charge on any atom is -0.497 e. The number of rotatable bonds is 2. The Hall–Kier alpha value is -1.95. The van der Waals surface area contributed by atoms with E-state index in [0.717, 1.165) is 0 Å². The molecule has 0 atom stereocenters. The zero-order valence-electron chi connectivity index (χ0n) is 7.20. The molecule has 66 valence electrons. The molecule has 0 radical (unpaired) electrons. The first-order valence-corrected chi connectivity index (χ1v) is 3.63. The summed E-state index contributed by atoms with van der Waals surface area (Å²) < 4.78 is 4.92. The maximum atomic E-state index is 11.1. The number of Topliss-reactive ketones (excluding diaryl/α,β-unsaturated/α-hetero) is 1. The fourth-order valence-electron chi connectivity index (χ4n) is 0.952. The maximum Gasteiger partial charge on any atom is 0.237 e. The summed E-state index contributed by atoms with van der Waals surface area (Å²) in [5, 5.41) is 0. The van der Waals surface area contributed by atoms with Gasteiger partial charge in [-0.15, -0.1) is 6.42 Å². The van der Waals surface area contributed by atoms with Gasteiger partial charge in [0.05, 0.1) is 12.7 Å². The third-order valence-corrected chi connectivity index (χ3v) is 1.63. The van der Waals surface area contributed by atoms with Crippen LogP contribution in [0.25, 0.3) is 0 Å². The van der Waals surface area contributed by atoms with Crippen LogP contribution in [0.3, 0.4) is 0 Å². The highest BCUT2D eigenvalue weighted by molar-refractivity contribution is 6.11. The van der Waals surface area contributed by atoms with E-state index in [2.05, 4.69) is 0 Å². The molecule has 0 spiro atoms. The van der Waals surface area contributed by atoms with Gasteiger partial charge >= 0.3 is 0 Å². The van der Waals surface area contributed by atoms with Crippen LogP contribution < -0.4 is 10.5 Å². The Labute approximate surface area is 76.5 Å². The first-order valence-electron chi connectivity index (χ1n) is 3.63. The molecule has 0 saturated carbocycles. The van der Waals surface area contributed by atoms with Crippen LogP contribution in [0.4, 0.5) is 5.69 Å². The number of anilines is 1. The van der Waals surface area contributed by atoms with Gasteiger partial charge < -0.3 is 10.5 Å². The number of nitrogens with two attached hydrogens (primary N) is 1. The topological polar surface area (TPSA) is 52.3 Å². The smallest absolute Gasteiger partial charge is 0.237 e. The summed E-state index contributed by atoms with van der Waals surface area (Å²) in [6.07, 6.45) is 4.96. The van der Waals surface area contributed by atoms with Crippen molar-refractivity contribution in [3.05, 3.63) is 23.8 Å². The first kappa shape index (κ1) is 9.14. The van der Waals surface area contributed by atoms with Gasteiger partial charge in [-0.1, -0.05) is 0 Å². The van der Waals surface area contributed by atoms with Crippen LogP contribution in [-0.2, 0) is 0 Å². The van der Waals surface area contributed by atoms with Crippen molar-refractivity contribution in [2.24, 2.45) is 0 Å². The Morgan fingerprint density at radius 3 is 2.77 bits per heavy atom. The van der Waals surface area contributed by atoms with Crippen LogP contribution >= 0.6 is 0 Å². The minimum atomic E-state index is -0.417. The molecule has 3 heteroatoms. The molecule has 0 heterocycles. The van der Waals surface area contributed by atoms with Gasteiger partial charge in [-0.3, -0.25) is 4.79 Å². The second kappa shape index (κ2) is 3.63. The van der Waals surface area contributed by atoms with Gasteiger partial charge in [0.2, 0.25) is 5.78 Å². The Kier molecular flexibility index (Phi) is 2.56. The third kappa shape index (κ3) is 1.79. The molecule has 13 heavy (non-hydrogen) atoms. The van der Waals surface area contributed by atoms with E-state index in [-0.39, 0.29) is 0 Å². The second-order valence-corrected chi connectivity index (χ2v) is 2.43. The van der Waals surface area contributed by atoms with Crippen molar-refractivity contribution < 1.29 is 9.53 Å². The number of ether oxygens (including phenoxy) is 1. The lowest BCUT2D eigenvalue weighted by Crippen LogP contribution is -2.01. The van der Waals surface area contributed by atoms with E-state index in [1.807, 2.05) is 5.92 Å². The fourth-order valence-corrected chi connectivity index (χ4v) is 0.952. The van der Waals surface area contributed by atoms with Crippen molar-refractivity contribution in [3.8, 4) is 18.1 Å². The number of carbonyl (C=O) groups is 1. The lowest BCUT2D eigenvalue weighted by atomic mass is 10.1. The van der Waals surface area contributed by atoms with E-state index in [1.54, 1.807) is 18.2 Å². The number of hydrogen-bond donors (Lipinski definition) is 1. The standard InChI is InChI=1S/C10H9NO2/c1-3-10(12)8-5-4-7(13-2)6-9(8)11/h1,4-6H,11H2,2H3. The summed E-state index contributed by atoms with van der Waals surface area (Å²) in [6, 6.07) is 4.75. The molecule has 0 unspecified atom stereocenters. The van der Waals surface area contributed by atoms with Crippen LogP contribution in [0.1, 0.15) is 10.4 Å². The Bertz CT molecular complexity index is 377. The molecule has 1 aromatic carbocycles. The highest BCUT2D eigenvalue weighted by Crippen LogP contribution is 2.19. The minimum absolute atomic E-state index is 0.335. The fraction of sp³-hybridized carbons (Fsp3) is 0.100. The van der Waals surface area contributed by atoms with Crippen molar-refractivity contribution >= 4 is 11.5 Å². The van der Waals surface area contributed by atoms with Crippen molar-refractivity contribution in [3.63, 3.8) is 0 Å². The molecule has 1 rings (SSSR count). The molecule has 0 fully saturated rings.